The molecule has 10 nitrogen and oxygen atoms in total. The van der Waals surface area contributed by atoms with Gasteiger partial charge < -0.3 is 33.2 Å². The summed E-state index contributed by atoms with van der Waals surface area (Å²) in [6, 6.07) is 20.0. The van der Waals surface area contributed by atoms with Gasteiger partial charge in [-0.1, -0.05) is 31.2 Å². The molecule has 0 saturated carbocycles. The number of halogens is 1. The van der Waals surface area contributed by atoms with Crippen LogP contribution in [0.2, 0.25) is 18.6 Å². The molecule has 2 fully saturated rings. The summed E-state index contributed by atoms with van der Waals surface area (Å²) in [4.78, 5) is 46.6. The molecule has 4 heterocycles. The van der Waals surface area contributed by atoms with Crippen LogP contribution in [0, 0.1) is 5.92 Å². The van der Waals surface area contributed by atoms with Crippen LogP contribution in [0.3, 0.4) is 0 Å². The molecule has 12 heteroatoms. The summed E-state index contributed by atoms with van der Waals surface area (Å²) in [5.41, 5.74) is 1.09. The van der Waals surface area contributed by atoms with Crippen LogP contribution >= 0.6 is 0 Å². The lowest BCUT2D eigenvalue weighted by Crippen LogP contribution is -2.45. The van der Waals surface area contributed by atoms with Crippen molar-refractivity contribution in [3.8, 4) is 11.5 Å². The van der Waals surface area contributed by atoms with Crippen molar-refractivity contribution in [3.63, 3.8) is 0 Å². The van der Waals surface area contributed by atoms with Crippen LogP contribution in [0.15, 0.2) is 66.7 Å². The van der Waals surface area contributed by atoms with Crippen molar-refractivity contribution >= 4 is 43.2 Å². The van der Waals surface area contributed by atoms with E-state index in [1.165, 1.54) is 0 Å². The fourth-order valence-electron chi connectivity index (χ4n) is 8.52. The van der Waals surface area contributed by atoms with Crippen LogP contribution in [0.1, 0.15) is 37.3 Å². The number of fused-ring (bicyclic) bond motifs is 3. The molecule has 4 aliphatic rings. The number of para-hydroxylation sites is 2. The van der Waals surface area contributed by atoms with Gasteiger partial charge in [-0.3, -0.25) is 19.3 Å². The number of anilines is 3. The second kappa shape index (κ2) is 12.6. The number of amides is 3. The maximum absolute atomic E-state index is 16.4. The van der Waals surface area contributed by atoms with Crippen molar-refractivity contribution in [1.82, 2.24) is 4.90 Å². The van der Waals surface area contributed by atoms with Crippen LogP contribution in [0.5, 0.6) is 11.5 Å². The fourth-order valence-corrected chi connectivity index (χ4v) is 11.0. The second-order valence-electron chi connectivity index (χ2n) is 14.0. The summed E-state index contributed by atoms with van der Waals surface area (Å²) in [6.45, 7) is 5.57. The molecule has 3 aromatic carbocycles. The number of rotatable bonds is 8. The SMILES string of the molecule is COc1ccc2c(c1)[C@@]1(O[C@H](CC(=O)N3CCC[C@H]3CO)[C@@H]([Si](C)(C)F)[C@@H]1C)C(=O)N2Cc1cccc(N2C(=O)COc3ccccc32)c1. The summed E-state index contributed by atoms with van der Waals surface area (Å²) in [5.74, 6) is -0.168. The van der Waals surface area contributed by atoms with Crippen LogP contribution in [0.4, 0.5) is 21.2 Å². The lowest BCUT2D eigenvalue weighted by atomic mass is 9.82. The van der Waals surface area contributed by atoms with Gasteiger partial charge in [-0.15, -0.1) is 0 Å². The number of likely N-dealkylation sites (tertiary alicyclic amines) is 1. The highest BCUT2D eigenvalue weighted by Crippen LogP contribution is 2.61. The average Bonchev–Trinajstić information content (AvgIpc) is 3.75. The Morgan fingerprint density at radius 2 is 1.88 bits per heavy atom. The first-order valence-electron chi connectivity index (χ1n) is 16.9. The van der Waals surface area contributed by atoms with E-state index in [1.54, 1.807) is 47.0 Å². The van der Waals surface area contributed by atoms with Crippen LogP contribution in [0.25, 0.3) is 0 Å². The van der Waals surface area contributed by atoms with E-state index in [2.05, 4.69) is 0 Å². The highest BCUT2D eigenvalue weighted by molar-refractivity contribution is 6.72. The number of carbonyl (C=O) groups is 3. The first kappa shape index (κ1) is 33.2. The molecule has 5 atom stereocenters. The smallest absolute Gasteiger partial charge is 0.269 e. The molecule has 0 aromatic heterocycles. The van der Waals surface area contributed by atoms with E-state index < -0.39 is 31.6 Å². The van der Waals surface area contributed by atoms with Crippen molar-refractivity contribution in [2.75, 3.05) is 36.7 Å². The molecule has 2 saturated heterocycles. The highest BCUT2D eigenvalue weighted by Gasteiger charge is 2.67. The Bertz CT molecular complexity index is 1800. The number of benzene rings is 3. The largest absolute Gasteiger partial charge is 0.497 e. The number of methoxy groups -OCH3 is 1. The molecule has 4 aliphatic heterocycles. The molecule has 0 bridgehead atoms. The number of ether oxygens (including phenoxy) is 3. The van der Waals surface area contributed by atoms with Gasteiger partial charge in [0.2, 0.25) is 14.3 Å². The van der Waals surface area contributed by atoms with Crippen molar-refractivity contribution < 1.29 is 37.8 Å². The minimum atomic E-state index is -3.50. The van der Waals surface area contributed by atoms with Gasteiger partial charge in [0, 0.05) is 29.3 Å². The number of carbonyl (C=O) groups excluding carboxylic acids is 3. The Labute approximate surface area is 286 Å². The number of hydrogen-bond donors (Lipinski definition) is 1. The van der Waals surface area contributed by atoms with Gasteiger partial charge in [-0.2, -0.15) is 0 Å². The Morgan fingerprint density at radius 3 is 2.63 bits per heavy atom. The molecule has 3 aromatic rings. The zero-order valence-corrected chi connectivity index (χ0v) is 29.2. The molecule has 0 radical (unpaired) electrons. The molecular weight excluding hydrogens is 646 g/mol. The van der Waals surface area contributed by atoms with Crippen molar-refractivity contribution in [1.29, 1.82) is 0 Å². The van der Waals surface area contributed by atoms with E-state index in [0.717, 1.165) is 18.4 Å². The maximum atomic E-state index is 16.4. The van der Waals surface area contributed by atoms with E-state index in [4.69, 9.17) is 14.2 Å². The summed E-state index contributed by atoms with van der Waals surface area (Å²) in [6.07, 6.45) is 0.614. The molecule has 258 valence electrons. The molecule has 1 spiro atoms. The standard InChI is InChI=1S/C37H42FN3O7Si/c1-23-35(49(3,4)38)32(19-33(43)39-16-8-11-26(39)21-42)48-37(23)28-18-27(46-2)14-15-29(28)40(36(37)45)20-24-9-7-10-25(17-24)41-30-12-5-6-13-31(30)47-22-34(41)44/h5-7,9-10,12-15,17-18,23,26,32,35,42H,8,11,16,19-22H2,1-4H3/t23-,26-,32+,35-,37+/m0/s1. The van der Waals surface area contributed by atoms with E-state index in [0.29, 0.717) is 40.7 Å². The number of nitrogens with zero attached hydrogens (tertiary/aromatic N) is 3. The van der Waals surface area contributed by atoms with Gasteiger partial charge in [0.15, 0.2) is 12.2 Å². The van der Waals surface area contributed by atoms with Gasteiger partial charge >= 0.3 is 0 Å². The predicted molar refractivity (Wildman–Crippen MR) is 184 cm³/mol. The number of aliphatic hydroxyl groups is 1. The molecule has 7 rings (SSSR count). The second-order valence-corrected chi connectivity index (χ2v) is 17.8. The van der Waals surface area contributed by atoms with Gasteiger partial charge in [0.1, 0.15) is 11.5 Å². The molecule has 49 heavy (non-hydrogen) atoms. The third-order valence-corrected chi connectivity index (χ3v) is 13.1. The Kier molecular flexibility index (Phi) is 8.52. The number of hydrogen-bond acceptors (Lipinski definition) is 7. The topological polar surface area (TPSA) is 109 Å². The van der Waals surface area contributed by atoms with Gasteiger partial charge in [-0.25, -0.2) is 0 Å². The zero-order valence-electron chi connectivity index (χ0n) is 28.2. The average molecular weight is 688 g/mol. The summed E-state index contributed by atoms with van der Waals surface area (Å²) >= 11 is 0. The van der Waals surface area contributed by atoms with Crippen LogP contribution in [-0.2, 0) is 31.3 Å². The van der Waals surface area contributed by atoms with Crippen molar-refractivity contribution in [2.24, 2.45) is 5.92 Å². The van der Waals surface area contributed by atoms with Gasteiger partial charge in [-0.05, 0) is 74.0 Å². The van der Waals surface area contributed by atoms with Gasteiger partial charge in [0.05, 0.1) is 50.2 Å². The van der Waals surface area contributed by atoms with Crippen molar-refractivity contribution in [3.05, 3.63) is 77.9 Å². The minimum Gasteiger partial charge on any atom is -0.497 e. The highest BCUT2D eigenvalue weighted by atomic mass is 28.4. The van der Waals surface area contributed by atoms with Crippen LogP contribution in [-0.4, -0.2) is 75.1 Å². The summed E-state index contributed by atoms with van der Waals surface area (Å²) in [5, 5.41) is 9.86. The van der Waals surface area contributed by atoms with Crippen LogP contribution < -0.4 is 19.3 Å². The molecule has 0 unspecified atom stereocenters. The van der Waals surface area contributed by atoms with Crippen molar-refractivity contribution in [2.45, 2.75) is 69.1 Å². The summed E-state index contributed by atoms with van der Waals surface area (Å²) < 4.78 is 34.4. The lowest BCUT2D eigenvalue weighted by molar-refractivity contribution is -0.150. The zero-order chi connectivity index (χ0) is 34.7. The summed E-state index contributed by atoms with van der Waals surface area (Å²) in [7, 11) is -1.95. The van der Waals surface area contributed by atoms with E-state index in [1.807, 2.05) is 61.5 Å². The molecule has 1 N–H and O–H groups in total. The Hall–Kier alpha value is -4.26. The number of aliphatic hydroxyl groups excluding tert-OH is 1. The van der Waals surface area contributed by atoms with E-state index >= 15 is 4.11 Å². The van der Waals surface area contributed by atoms with E-state index in [-0.39, 0.29) is 49.9 Å². The Morgan fingerprint density at radius 1 is 1.08 bits per heavy atom. The minimum absolute atomic E-state index is 0.0721. The quantitative estimate of drug-likeness (QED) is 0.248. The fraction of sp³-hybridized carbons (Fsp3) is 0.432. The third-order valence-electron chi connectivity index (χ3n) is 10.7. The molecule has 0 aliphatic carbocycles. The monoisotopic (exact) mass is 687 g/mol. The first-order chi connectivity index (χ1) is 23.5. The van der Waals surface area contributed by atoms with Gasteiger partial charge in [0.25, 0.3) is 11.8 Å². The molecule has 3 amide bonds. The third kappa shape index (κ3) is 5.50. The predicted octanol–water partition coefficient (Wildman–Crippen LogP) is 5.45. The lowest BCUT2D eigenvalue weighted by Gasteiger charge is -2.31. The Balaban J connectivity index is 1.25. The maximum Gasteiger partial charge on any atom is 0.269 e. The normalized spacial score (nSPS) is 26.3. The van der Waals surface area contributed by atoms with E-state index in [9.17, 15) is 19.5 Å². The first-order valence-corrected chi connectivity index (χ1v) is 19.8. The molecular formula is C37H42FN3O7Si.